The van der Waals surface area contributed by atoms with Crippen LogP contribution in [-0.4, -0.2) is 76.3 Å². The Morgan fingerprint density at radius 2 is 0.706 bits per heavy atom. The maximum atomic E-state index is 6.18. The van der Waals surface area contributed by atoms with E-state index in [-0.39, 0.29) is 0 Å². The van der Waals surface area contributed by atoms with E-state index in [1.54, 1.807) is 0 Å². The van der Waals surface area contributed by atoms with Gasteiger partial charge in [-0.2, -0.15) is 0 Å². The highest BCUT2D eigenvalue weighted by atomic mass is 16.6. The zero-order valence-corrected chi connectivity index (χ0v) is 21.0. The number of hydrogen-bond acceptors (Lipinski definition) is 6. The fraction of sp³-hybridized carbons (Fsp3) is 1.00. The van der Waals surface area contributed by atoms with Crippen molar-refractivity contribution < 1.29 is 28.4 Å². The predicted octanol–water partition coefficient (Wildman–Crippen LogP) is 4.53. The molecule has 3 atom stereocenters. The van der Waals surface area contributed by atoms with Gasteiger partial charge in [0.05, 0.1) is 58.0 Å². The summed E-state index contributed by atoms with van der Waals surface area (Å²) in [5, 5.41) is 0. The van der Waals surface area contributed by atoms with Gasteiger partial charge < -0.3 is 28.4 Å². The van der Waals surface area contributed by atoms with Crippen molar-refractivity contribution in [1.82, 2.24) is 0 Å². The molecule has 0 N–H and O–H groups in total. The van der Waals surface area contributed by atoms with Gasteiger partial charge in [0.2, 0.25) is 0 Å². The first-order valence-corrected chi connectivity index (χ1v) is 14.5. The van der Waals surface area contributed by atoms with Gasteiger partial charge in [-0.25, -0.2) is 0 Å². The second kappa shape index (κ2) is 11.4. The van der Waals surface area contributed by atoms with Crippen LogP contribution >= 0.6 is 0 Å². The minimum absolute atomic E-state index is 0.387. The normalized spacial score (nSPS) is 45.0. The van der Waals surface area contributed by atoms with Gasteiger partial charge in [0.1, 0.15) is 18.3 Å². The van der Waals surface area contributed by atoms with Crippen LogP contribution in [0.3, 0.4) is 0 Å². The minimum Gasteiger partial charge on any atom is -0.375 e. The van der Waals surface area contributed by atoms with Crippen molar-refractivity contribution in [2.24, 2.45) is 23.7 Å². The first kappa shape index (κ1) is 24.1. The summed E-state index contributed by atoms with van der Waals surface area (Å²) in [5.41, 5.74) is 0. The molecule has 6 fully saturated rings. The molecule has 34 heavy (non-hydrogen) atoms. The zero-order chi connectivity index (χ0) is 22.7. The molecule has 0 bridgehead atoms. The summed E-state index contributed by atoms with van der Waals surface area (Å²) >= 11 is 0. The summed E-state index contributed by atoms with van der Waals surface area (Å²) in [5.74, 6) is 3.51. The molecule has 3 heterocycles. The second-order valence-corrected chi connectivity index (χ2v) is 12.1. The number of epoxide rings is 3. The van der Waals surface area contributed by atoms with Crippen molar-refractivity contribution in [3.63, 3.8) is 0 Å². The van der Waals surface area contributed by atoms with Crippen molar-refractivity contribution in [2.75, 3.05) is 39.6 Å². The monoisotopic (exact) mass is 478 g/mol. The molecular formula is C28H46O6. The Morgan fingerprint density at radius 3 is 0.941 bits per heavy atom. The molecule has 0 spiro atoms. The average Bonchev–Trinajstić information content (AvgIpc) is 3.73. The van der Waals surface area contributed by atoms with Crippen LogP contribution in [0.15, 0.2) is 0 Å². The molecule has 0 amide bonds. The fourth-order valence-corrected chi connectivity index (χ4v) is 7.30. The van der Waals surface area contributed by atoms with Crippen LogP contribution < -0.4 is 0 Å². The first-order chi connectivity index (χ1) is 16.8. The van der Waals surface area contributed by atoms with Gasteiger partial charge in [-0.1, -0.05) is 0 Å². The highest BCUT2D eigenvalue weighted by Gasteiger charge is 2.41. The molecule has 6 rings (SSSR count). The lowest BCUT2D eigenvalue weighted by atomic mass is 9.61. The van der Waals surface area contributed by atoms with Crippen LogP contribution in [0.5, 0.6) is 0 Å². The topological polar surface area (TPSA) is 65.3 Å². The van der Waals surface area contributed by atoms with Gasteiger partial charge in [-0.05, 0) is 101 Å². The molecule has 0 radical (unpaired) electrons. The van der Waals surface area contributed by atoms with E-state index in [4.69, 9.17) is 28.4 Å². The molecular weight excluding hydrogens is 432 g/mol. The third-order valence-electron chi connectivity index (χ3n) is 9.55. The molecule has 6 heteroatoms. The van der Waals surface area contributed by atoms with Gasteiger partial charge in [-0.3, -0.25) is 0 Å². The Balaban J connectivity index is 1.02. The van der Waals surface area contributed by atoms with Gasteiger partial charge in [0.15, 0.2) is 0 Å². The van der Waals surface area contributed by atoms with Crippen molar-refractivity contribution in [3.8, 4) is 0 Å². The molecule has 0 aromatic rings. The van der Waals surface area contributed by atoms with E-state index in [0.717, 1.165) is 63.3 Å². The molecule has 3 aliphatic heterocycles. The van der Waals surface area contributed by atoms with Crippen molar-refractivity contribution >= 4 is 0 Å². The summed E-state index contributed by atoms with van der Waals surface area (Å²) in [6.07, 6.45) is 18.1. The van der Waals surface area contributed by atoms with Crippen LogP contribution in [0.1, 0.15) is 77.0 Å². The number of hydrogen-bond donors (Lipinski definition) is 0. The van der Waals surface area contributed by atoms with Crippen LogP contribution in [0.4, 0.5) is 0 Å². The maximum Gasteiger partial charge on any atom is 0.104 e. The summed E-state index contributed by atoms with van der Waals surface area (Å²) in [4.78, 5) is 0. The highest BCUT2D eigenvalue weighted by molar-refractivity contribution is 4.91. The van der Waals surface area contributed by atoms with E-state index in [1.807, 2.05) is 0 Å². The Labute approximate surface area is 205 Å². The van der Waals surface area contributed by atoms with E-state index in [1.165, 1.54) is 77.0 Å². The summed E-state index contributed by atoms with van der Waals surface area (Å²) in [6, 6.07) is 0. The summed E-state index contributed by atoms with van der Waals surface area (Å²) in [6.45, 7) is 5.13. The molecule has 6 aliphatic rings. The van der Waals surface area contributed by atoms with Gasteiger partial charge in [0, 0.05) is 0 Å². The van der Waals surface area contributed by atoms with Gasteiger partial charge in [-0.15, -0.1) is 0 Å². The quantitative estimate of drug-likeness (QED) is 0.384. The lowest BCUT2D eigenvalue weighted by molar-refractivity contribution is -0.0429. The third kappa shape index (κ3) is 6.95. The Hall–Kier alpha value is -0.240. The molecule has 194 valence electrons. The second-order valence-electron chi connectivity index (χ2n) is 12.1. The largest absolute Gasteiger partial charge is 0.375 e. The van der Waals surface area contributed by atoms with E-state index in [0.29, 0.717) is 36.6 Å². The van der Waals surface area contributed by atoms with Crippen molar-refractivity contribution in [3.05, 3.63) is 0 Å². The average molecular weight is 479 g/mol. The first-order valence-electron chi connectivity index (χ1n) is 14.5. The van der Waals surface area contributed by atoms with Crippen LogP contribution in [0.25, 0.3) is 0 Å². The van der Waals surface area contributed by atoms with E-state index in [9.17, 15) is 0 Å². The Morgan fingerprint density at radius 1 is 0.441 bits per heavy atom. The third-order valence-corrected chi connectivity index (χ3v) is 9.55. The highest BCUT2D eigenvalue weighted by Crippen LogP contribution is 2.48. The minimum atomic E-state index is 0.387. The molecule has 6 nitrogen and oxygen atoms in total. The van der Waals surface area contributed by atoms with E-state index >= 15 is 0 Å². The predicted molar refractivity (Wildman–Crippen MR) is 128 cm³/mol. The number of rotatable bonds is 12. The maximum absolute atomic E-state index is 6.18. The van der Waals surface area contributed by atoms with E-state index in [2.05, 4.69) is 0 Å². The lowest BCUT2D eigenvalue weighted by Gasteiger charge is -2.46. The SMILES string of the molecule is C1CC(C(C2CCC(OCC3CO3)CC2)C2CCC(OCC3CO3)CC2)CCC1OCC1CO1. The Bertz CT molecular complexity index is 523. The molecule has 3 saturated heterocycles. The standard InChI is InChI=1S/C28H46O6/c1-7-22(29-13-25-16-32-25)8-2-19(1)28(20-3-9-23(10-4-20)30-14-26-17-33-26)21-5-11-24(12-6-21)31-15-27-18-34-27/h19-28H,1-18H2. The molecule has 3 unspecified atom stereocenters. The fourth-order valence-electron chi connectivity index (χ4n) is 7.30. The molecule has 0 aromatic carbocycles. The molecule has 3 saturated carbocycles. The molecule has 3 aliphatic carbocycles. The van der Waals surface area contributed by atoms with Crippen LogP contribution in [0, 0.1) is 23.7 Å². The van der Waals surface area contributed by atoms with Gasteiger partial charge >= 0.3 is 0 Å². The zero-order valence-electron chi connectivity index (χ0n) is 21.0. The summed E-state index contributed by atoms with van der Waals surface area (Å²) < 4.78 is 34.6. The number of ether oxygens (including phenoxy) is 6. The Kier molecular flexibility index (Phi) is 8.11. The smallest absolute Gasteiger partial charge is 0.104 e. The van der Waals surface area contributed by atoms with Gasteiger partial charge in [0.25, 0.3) is 0 Å². The van der Waals surface area contributed by atoms with E-state index < -0.39 is 0 Å². The summed E-state index contributed by atoms with van der Waals surface area (Å²) in [7, 11) is 0. The molecule has 0 aromatic heterocycles. The van der Waals surface area contributed by atoms with Crippen molar-refractivity contribution in [2.45, 2.75) is 114 Å². The van der Waals surface area contributed by atoms with Crippen molar-refractivity contribution in [1.29, 1.82) is 0 Å². The van der Waals surface area contributed by atoms with Crippen LogP contribution in [0.2, 0.25) is 0 Å². The lowest BCUT2D eigenvalue weighted by Crippen LogP contribution is -2.39. The van der Waals surface area contributed by atoms with Crippen LogP contribution in [-0.2, 0) is 28.4 Å².